The van der Waals surface area contributed by atoms with Crippen LogP contribution in [0.2, 0.25) is 0 Å². The number of amides is 2. The standard InChI is InChI=1S/C31H33FN8O2S/c1-4-24-28(36(3)29-34-27(26(15-33)43-29)21-5-7-22(32)8-6-21)25-14-23(13-20(2)40(25)35-24)38-16-31(17-38)18-39(19-31)30(41)37-9-11-42-12-10-37/h5-8,13-14H,4,9-12,16-19H2,1-3H3. The molecule has 1 spiro atoms. The van der Waals surface area contributed by atoms with Gasteiger partial charge >= 0.3 is 6.03 Å². The molecule has 0 atom stereocenters. The Labute approximate surface area is 253 Å². The van der Waals surface area contributed by atoms with Crippen LogP contribution in [0, 0.1) is 29.5 Å². The van der Waals surface area contributed by atoms with E-state index in [1.54, 1.807) is 12.1 Å². The number of fused-ring (bicyclic) bond motifs is 1. The maximum absolute atomic E-state index is 13.5. The summed E-state index contributed by atoms with van der Waals surface area (Å²) in [6.45, 7) is 10.1. The van der Waals surface area contributed by atoms with Gasteiger partial charge in [0.2, 0.25) is 0 Å². The van der Waals surface area contributed by atoms with Crippen molar-refractivity contribution in [1.29, 1.82) is 5.26 Å². The van der Waals surface area contributed by atoms with E-state index in [-0.39, 0.29) is 17.3 Å². The third-order valence-electron chi connectivity index (χ3n) is 8.75. The van der Waals surface area contributed by atoms with E-state index in [0.717, 1.165) is 60.9 Å². The lowest BCUT2D eigenvalue weighted by molar-refractivity contribution is -0.0179. The van der Waals surface area contributed by atoms with Crippen molar-refractivity contribution in [3.8, 4) is 17.3 Å². The van der Waals surface area contributed by atoms with E-state index in [1.807, 2.05) is 26.3 Å². The number of rotatable bonds is 5. The minimum Gasteiger partial charge on any atom is -0.378 e. The number of benzene rings is 1. The molecule has 3 fully saturated rings. The minimum atomic E-state index is -0.329. The number of thiazole rings is 1. The van der Waals surface area contributed by atoms with E-state index < -0.39 is 0 Å². The highest BCUT2D eigenvalue weighted by Gasteiger charge is 2.54. The van der Waals surface area contributed by atoms with Crippen molar-refractivity contribution >= 4 is 39.4 Å². The molecule has 12 heteroatoms. The summed E-state index contributed by atoms with van der Waals surface area (Å²) in [5, 5.41) is 15.5. The molecule has 3 aromatic heterocycles. The molecule has 1 aromatic carbocycles. The van der Waals surface area contributed by atoms with E-state index >= 15 is 0 Å². The average molecular weight is 601 g/mol. The number of aryl methyl sites for hydroxylation is 2. The van der Waals surface area contributed by atoms with E-state index in [0.29, 0.717) is 47.6 Å². The maximum atomic E-state index is 13.5. The Balaban J connectivity index is 1.14. The summed E-state index contributed by atoms with van der Waals surface area (Å²) in [7, 11) is 1.96. The largest absolute Gasteiger partial charge is 0.378 e. The van der Waals surface area contributed by atoms with Crippen LogP contribution in [0.1, 0.15) is 23.2 Å². The number of anilines is 3. The van der Waals surface area contributed by atoms with Gasteiger partial charge in [-0.2, -0.15) is 10.4 Å². The van der Waals surface area contributed by atoms with Crippen molar-refractivity contribution in [2.24, 2.45) is 5.41 Å². The summed E-state index contributed by atoms with van der Waals surface area (Å²) < 4.78 is 20.9. The summed E-state index contributed by atoms with van der Waals surface area (Å²) in [6.07, 6.45) is 0.733. The SMILES string of the molecule is CCc1nn2c(C)cc(N3CC4(CN(C(=O)N5CCOCC5)C4)C3)cc2c1N(C)c1nc(-c2ccc(F)cc2)c(C#N)s1. The number of aromatic nitrogens is 3. The molecule has 6 heterocycles. The number of hydrogen-bond acceptors (Lipinski definition) is 8. The molecule has 222 valence electrons. The van der Waals surface area contributed by atoms with Gasteiger partial charge in [-0.25, -0.2) is 18.7 Å². The number of nitrogens with zero attached hydrogens (tertiary/aromatic N) is 8. The van der Waals surface area contributed by atoms with Crippen LogP contribution in [0.4, 0.5) is 25.7 Å². The van der Waals surface area contributed by atoms with Gasteiger partial charge < -0.3 is 24.3 Å². The molecule has 0 saturated carbocycles. The van der Waals surface area contributed by atoms with Gasteiger partial charge in [-0.15, -0.1) is 0 Å². The first-order valence-electron chi connectivity index (χ1n) is 14.6. The van der Waals surface area contributed by atoms with Crippen LogP contribution >= 0.6 is 11.3 Å². The predicted octanol–water partition coefficient (Wildman–Crippen LogP) is 4.68. The normalized spacial score (nSPS) is 17.6. The number of halogens is 1. The highest BCUT2D eigenvalue weighted by molar-refractivity contribution is 7.16. The number of ether oxygens (including phenoxy) is 1. The average Bonchev–Trinajstić information content (AvgIpc) is 3.58. The van der Waals surface area contributed by atoms with Gasteiger partial charge in [0.05, 0.1) is 30.1 Å². The highest BCUT2D eigenvalue weighted by atomic mass is 32.1. The second-order valence-corrected chi connectivity index (χ2v) is 12.7. The number of carbonyl (C=O) groups excluding carboxylic acids is 1. The van der Waals surface area contributed by atoms with Crippen molar-refractivity contribution in [1.82, 2.24) is 24.4 Å². The second kappa shape index (κ2) is 10.5. The van der Waals surface area contributed by atoms with Crippen LogP contribution in [-0.2, 0) is 11.2 Å². The predicted molar refractivity (Wildman–Crippen MR) is 164 cm³/mol. The molecule has 3 aliphatic heterocycles. The molecule has 43 heavy (non-hydrogen) atoms. The fraction of sp³-hybridized carbons (Fsp3) is 0.419. The third kappa shape index (κ3) is 4.67. The quantitative estimate of drug-likeness (QED) is 0.328. The van der Waals surface area contributed by atoms with Gasteiger partial charge in [-0.3, -0.25) is 0 Å². The van der Waals surface area contributed by atoms with Crippen molar-refractivity contribution in [2.45, 2.75) is 20.3 Å². The van der Waals surface area contributed by atoms with Crippen LogP contribution in [0.3, 0.4) is 0 Å². The van der Waals surface area contributed by atoms with Crippen molar-refractivity contribution in [3.63, 3.8) is 0 Å². The minimum absolute atomic E-state index is 0.132. The van der Waals surface area contributed by atoms with E-state index in [4.69, 9.17) is 14.8 Å². The van der Waals surface area contributed by atoms with Crippen molar-refractivity contribution in [3.05, 3.63) is 58.5 Å². The summed E-state index contributed by atoms with van der Waals surface area (Å²) in [5.74, 6) is -0.329. The third-order valence-corrected chi connectivity index (χ3v) is 9.79. The summed E-state index contributed by atoms with van der Waals surface area (Å²) in [6, 6.07) is 12.8. The zero-order valence-electron chi connectivity index (χ0n) is 24.5. The van der Waals surface area contributed by atoms with Gasteiger partial charge in [0.15, 0.2) is 5.13 Å². The molecule has 0 radical (unpaired) electrons. The molecule has 10 nitrogen and oxygen atoms in total. The monoisotopic (exact) mass is 600 g/mol. The Hall–Kier alpha value is -4.21. The number of pyridine rings is 1. The van der Waals surface area contributed by atoms with Crippen LogP contribution < -0.4 is 9.80 Å². The molecule has 0 unspecified atom stereocenters. The van der Waals surface area contributed by atoms with Crippen LogP contribution in [0.15, 0.2) is 36.4 Å². The lowest BCUT2D eigenvalue weighted by atomic mass is 9.72. The van der Waals surface area contributed by atoms with Crippen molar-refractivity contribution < 1.29 is 13.9 Å². The number of carbonyl (C=O) groups is 1. The summed E-state index contributed by atoms with van der Waals surface area (Å²) in [5.41, 5.74) is 6.45. The van der Waals surface area contributed by atoms with Gasteiger partial charge in [-0.1, -0.05) is 18.3 Å². The van der Waals surface area contributed by atoms with E-state index in [1.165, 1.54) is 23.5 Å². The molecular weight excluding hydrogens is 567 g/mol. The molecular formula is C31H33FN8O2S. The van der Waals surface area contributed by atoms with E-state index in [9.17, 15) is 14.4 Å². The zero-order valence-corrected chi connectivity index (χ0v) is 25.3. The molecule has 3 aliphatic rings. The molecule has 4 aromatic rings. The Morgan fingerprint density at radius 2 is 1.86 bits per heavy atom. The Morgan fingerprint density at radius 3 is 2.53 bits per heavy atom. The number of nitriles is 1. The van der Waals surface area contributed by atoms with Crippen LogP contribution in [-0.4, -0.2) is 90.0 Å². The smallest absolute Gasteiger partial charge is 0.320 e. The summed E-state index contributed by atoms with van der Waals surface area (Å²) >= 11 is 1.32. The van der Waals surface area contributed by atoms with Gasteiger partial charge in [0.1, 0.15) is 22.5 Å². The first-order valence-corrected chi connectivity index (χ1v) is 15.4. The van der Waals surface area contributed by atoms with Crippen molar-refractivity contribution in [2.75, 3.05) is 69.3 Å². The molecule has 0 bridgehead atoms. The Kier molecular flexibility index (Phi) is 6.74. The van der Waals surface area contributed by atoms with Crippen LogP contribution in [0.25, 0.3) is 16.8 Å². The first kappa shape index (κ1) is 27.6. The number of morpholine rings is 1. The fourth-order valence-corrected chi connectivity index (χ4v) is 7.39. The number of hydrogen-bond donors (Lipinski definition) is 0. The van der Waals surface area contributed by atoms with Gasteiger partial charge in [0.25, 0.3) is 0 Å². The molecule has 0 aliphatic carbocycles. The molecule has 0 N–H and O–H groups in total. The molecule has 3 saturated heterocycles. The zero-order chi connectivity index (χ0) is 29.9. The highest BCUT2D eigenvalue weighted by Crippen LogP contribution is 2.44. The van der Waals surface area contributed by atoms with E-state index in [2.05, 4.69) is 36.9 Å². The Morgan fingerprint density at radius 1 is 1.14 bits per heavy atom. The second-order valence-electron chi connectivity index (χ2n) is 11.7. The maximum Gasteiger partial charge on any atom is 0.320 e. The lowest BCUT2D eigenvalue weighted by Gasteiger charge is -2.61. The first-order chi connectivity index (χ1) is 20.8. The Bertz CT molecular complexity index is 1740. The molecule has 7 rings (SSSR count). The topological polar surface area (TPSA) is 93.2 Å². The fourth-order valence-electron chi connectivity index (χ4n) is 6.54. The van der Waals surface area contributed by atoms with Gasteiger partial charge in [-0.05, 0) is 49.7 Å². The van der Waals surface area contributed by atoms with Crippen LogP contribution in [0.5, 0.6) is 0 Å². The summed E-state index contributed by atoms with van der Waals surface area (Å²) in [4.78, 5) is 26.4. The number of urea groups is 1. The number of likely N-dealkylation sites (tertiary alicyclic amines) is 1. The van der Waals surface area contributed by atoms with Gasteiger partial charge in [0, 0.05) is 68.7 Å². The molecule has 2 amide bonds. The lowest BCUT2D eigenvalue weighted by Crippen LogP contribution is -2.74.